The Hall–Kier alpha value is -2.65. The summed E-state index contributed by atoms with van der Waals surface area (Å²) in [7, 11) is 2.16. The molecule has 4 aromatic heterocycles. The van der Waals surface area contributed by atoms with Gasteiger partial charge in [0.15, 0.2) is 6.20 Å². The average Bonchev–Trinajstić information content (AvgIpc) is 3.17. The molecule has 0 amide bonds. The van der Waals surface area contributed by atoms with Crippen LogP contribution in [0.4, 0.5) is 0 Å². The van der Waals surface area contributed by atoms with Gasteiger partial charge in [-0.1, -0.05) is 24.3 Å². The fraction of sp³-hybridized carbons (Fsp3) is 0.0952. The van der Waals surface area contributed by atoms with E-state index in [2.05, 4.69) is 77.0 Å². The lowest BCUT2D eigenvalue weighted by atomic mass is 10.0. The van der Waals surface area contributed by atoms with Crippen LogP contribution in [0.1, 0.15) is 5.56 Å². The molecule has 0 aliphatic carbocycles. The second-order valence-corrected chi connectivity index (χ2v) is 7.56. The van der Waals surface area contributed by atoms with Gasteiger partial charge >= 0.3 is 0 Å². The Kier molecular flexibility index (Phi) is 2.15. The maximum absolute atomic E-state index is 2.47. The summed E-state index contributed by atoms with van der Waals surface area (Å²) in [6.45, 7) is 2.23. The average molecular weight is 327 g/mol. The topological polar surface area (TPSA) is 8.29 Å². The van der Waals surface area contributed by atoms with Gasteiger partial charge in [-0.25, -0.2) is 4.57 Å². The summed E-state index contributed by atoms with van der Waals surface area (Å²) in [5.74, 6) is 0. The molecule has 0 saturated carbocycles. The van der Waals surface area contributed by atoms with Crippen LogP contribution in [0.3, 0.4) is 0 Å². The van der Waals surface area contributed by atoms with Gasteiger partial charge in [0.05, 0.1) is 32.0 Å². The fourth-order valence-corrected chi connectivity index (χ4v) is 5.25. The number of nitrogens with zero attached hydrogens (tertiary/aromatic N) is 2. The van der Waals surface area contributed by atoms with Crippen molar-refractivity contribution in [3.8, 4) is 0 Å². The molecular formula is C21H15N2S+. The highest BCUT2D eigenvalue weighted by molar-refractivity contribution is 7.18. The molecular weight excluding hydrogens is 312 g/mol. The molecule has 0 fully saturated rings. The van der Waals surface area contributed by atoms with Gasteiger partial charge in [0.1, 0.15) is 7.05 Å². The van der Waals surface area contributed by atoms with E-state index in [4.69, 9.17) is 0 Å². The van der Waals surface area contributed by atoms with Crippen LogP contribution in [0.5, 0.6) is 0 Å². The highest BCUT2D eigenvalue weighted by atomic mass is 32.1. The molecule has 0 aliphatic rings. The van der Waals surface area contributed by atoms with Gasteiger partial charge in [-0.3, -0.25) is 0 Å². The Morgan fingerprint density at radius 1 is 0.958 bits per heavy atom. The van der Waals surface area contributed by atoms with Gasteiger partial charge < -0.3 is 4.40 Å². The number of hydrogen-bond acceptors (Lipinski definition) is 1. The molecule has 24 heavy (non-hydrogen) atoms. The summed E-state index contributed by atoms with van der Waals surface area (Å²) >= 11 is 1.84. The third kappa shape index (κ3) is 1.28. The van der Waals surface area contributed by atoms with Crippen LogP contribution in [0.25, 0.3) is 48.3 Å². The van der Waals surface area contributed by atoms with Crippen molar-refractivity contribution >= 4 is 59.6 Å². The number of aryl methyl sites for hydroxylation is 2. The summed E-state index contributed by atoms with van der Waals surface area (Å²) in [4.78, 5) is 0. The summed E-state index contributed by atoms with van der Waals surface area (Å²) in [5.41, 5.74) is 6.66. The first-order valence-corrected chi connectivity index (χ1v) is 9.07. The molecule has 0 atom stereocenters. The Morgan fingerprint density at radius 2 is 1.88 bits per heavy atom. The van der Waals surface area contributed by atoms with Crippen LogP contribution in [0.2, 0.25) is 0 Å². The lowest BCUT2D eigenvalue weighted by Gasteiger charge is -2.12. The highest BCUT2D eigenvalue weighted by Gasteiger charge is 2.23. The number of thiophene rings is 1. The van der Waals surface area contributed by atoms with E-state index in [1.54, 1.807) is 0 Å². The van der Waals surface area contributed by atoms with Gasteiger partial charge in [0.25, 0.3) is 0 Å². The molecule has 114 valence electrons. The fourth-order valence-electron chi connectivity index (χ4n) is 4.34. The Labute approximate surface area is 142 Å². The lowest BCUT2D eigenvalue weighted by molar-refractivity contribution is -0.643. The van der Waals surface area contributed by atoms with E-state index >= 15 is 0 Å². The number of rotatable bonds is 0. The summed E-state index contributed by atoms with van der Waals surface area (Å²) in [5, 5.41) is 7.61. The predicted octanol–water partition coefficient (Wildman–Crippen LogP) is 5.18. The Morgan fingerprint density at radius 3 is 2.79 bits per heavy atom. The minimum absolute atomic E-state index is 1.30. The van der Waals surface area contributed by atoms with Crippen molar-refractivity contribution in [2.45, 2.75) is 6.92 Å². The predicted molar refractivity (Wildman–Crippen MR) is 102 cm³/mol. The number of fused-ring (bicyclic) bond motifs is 5. The zero-order valence-electron chi connectivity index (χ0n) is 13.5. The quantitative estimate of drug-likeness (QED) is 0.206. The van der Waals surface area contributed by atoms with E-state index in [0.717, 1.165) is 0 Å². The third-order valence-corrected chi connectivity index (χ3v) is 6.30. The van der Waals surface area contributed by atoms with Crippen molar-refractivity contribution in [1.29, 1.82) is 0 Å². The van der Waals surface area contributed by atoms with E-state index in [1.807, 2.05) is 11.3 Å². The smallest absolute Gasteiger partial charge is 0.224 e. The molecule has 2 aromatic carbocycles. The van der Waals surface area contributed by atoms with Crippen LogP contribution in [-0.4, -0.2) is 4.40 Å². The van der Waals surface area contributed by atoms with E-state index in [9.17, 15) is 0 Å². The number of pyridine rings is 2. The number of aromatic nitrogens is 2. The molecule has 0 saturated heterocycles. The lowest BCUT2D eigenvalue weighted by Crippen LogP contribution is -2.28. The minimum Gasteiger partial charge on any atom is -0.307 e. The monoisotopic (exact) mass is 327 g/mol. The zero-order chi connectivity index (χ0) is 16.0. The second-order valence-electron chi connectivity index (χ2n) is 6.64. The maximum Gasteiger partial charge on any atom is 0.224 e. The Balaban J connectivity index is 2.19. The first-order valence-electron chi connectivity index (χ1n) is 8.19. The van der Waals surface area contributed by atoms with Gasteiger partial charge in [0.2, 0.25) is 5.52 Å². The molecule has 0 bridgehead atoms. The summed E-state index contributed by atoms with van der Waals surface area (Å²) in [6, 6.07) is 15.7. The van der Waals surface area contributed by atoms with Crippen LogP contribution >= 0.6 is 11.3 Å². The Bertz CT molecular complexity index is 1420. The molecule has 3 heteroatoms. The van der Waals surface area contributed by atoms with Gasteiger partial charge in [0, 0.05) is 11.5 Å². The standard InChI is InChI=1S/C21H15N2S/c1-12-6-7-14-19-17(12)20-18-13(8-10-22(20)2)4-3-5-15(18)23(19)16-9-11-24-21(14)16/h3-11H,1-2H3/q+1. The molecule has 0 unspecified atom stereocenters. The largest absolute Gasteiger partial charge is 0.307 e. The van der Waals surface area contributed by atoms with Gasteiger partial charge in [-0.2, -0.15) is 0 Å². The zero-order valence-corrected chi connectivity index (χ0v) is 14.3. The van der Waals surface area contributed by atoms with E-state index in [1.165, 1.54) is 53.9 Å². The molecule has 0 N–H and O–H groups in total. The second kappa shape index (κ2) is 4.05. The van der Waals surface area contributed by atoms with Crippen molar-refractivity contribution in [3.05, 3.63) is 59.6 Å². The number of benzene rings is 2. The van der Waals surface area contributed by atoms with Crippen molar-refractivity contribution in [1.82, 2.24) is 4.40 Å². The number of hydrogen-bond donors (Lipinski definition) is 0. The van der Waals surface area contributed by atoms with E-state index in [0.29, 0.717) is 0 Å². The van der Waals surface area contributed by atoms with Crippen LogP contribution in [0.15, 0.2) is 54.0 Å². The van der Waals surface area contributed by atoms with Crippen LogP contribution in [0, 0.1) is 6.92 Å². The van der Waals surface area contributed by atoms with Gasteiger partial charge in [-0.05, 0) is 35.4 Å². The molecule has 2 nitrogen and oxygen atoms in total. The van der Waals surface area contributed by atoms with Gasteiger partial charge in [-0.15, -0.1) is 11.3 Å². The molecule has 0 spiro atoms. The van der Waals surface area contributed by atoms with Crippen LogP contribution in [-0.2, 0) is 7.05 Å². The molecule has 0 radical (unpaired) electrons. The van der Waals surface area contributed by atoms with Crippen LogP contribution < -0.4 is 4.57 Å². The SMILES string of the molecule is Cc1ccc2c3sccc3n3c4cccc5cc[n+](C)c(c1c23)c54. The summed E-state index contributed by atoms with van der Waals surface area (Å²) in [6.07, 6.45) is 2.18. The van der Waals surface area contributed by atoms with E-state index in [-0.39, 0.29) is 0 Å². The first-order chi connectivity index (χ1) is 11.8. The first kappa shape index (κ1) is 12.7. The molecule has 6 rings (SSSR count). The highest BCUT2D eigenvalue weighted by Crippen LogP contribution is 2.41. The van der Waals surface area contributed by atoms with Crippen molar-refractivity contribution in [2.24, 2.45) is 7.05 Å². The molecule has 4 heterocycles. The van der Waals surface area contributed by atoms with Crippen molar-refractivity contribution in [2.75, 3.05) is 0 Å². The van der Waals surface area contributed by atoms with Crippen molar-refractivity contribution < 1.29 is 4.57 Å². The summed E-state index contributed by atoms with van der Waals surface area (Å²) < 4.78 is 6.13. The minimum atomic E-state index is 1.30. The molecule has 0 aliphatic heterocycles. The third-order valence-electron chi connectivity index (χ3n) is 5.36. The molecule has 6 aromatic rings. The van der Waals surface area contributed by atoms with Crippen molar-refractivity contribution in [3.63, 3.8) is 0 Å². The normalized spacial score (nSPS) is 12.6. The van der Waals surface area contributed by atoms with E-state index < -0.39 is 0 Å². The maximum atomic E-state index is 2.47.